The van der Waals surface area contributed by atoms with Gasteiger partial charge in [0.15, 0.2) is 5.16 Å². The zero-order chi connectivity index (χ0) is 19.4. The summed E-state index contributed by atoms with van der Waals surface area (Å²) in [6.45, 7) is 4.20. The van der Waals surface area contributed by atoms with Crippen molar-refractivity contribution in [2.24, 2.45) is 0 Å². The molecule has 0 fully saturated rings. The summed E-state index contributed by atoms with van der Waals surface area (Å²) in [5.41, 5.74) is 1.53. The average molecular weight is 377 g/mol. The fourth-order valence-corrected chi connectivity index (χ4v) is 3.15. The Bertz CT molecular complexity index is 1070. The van der Waals surface area contributed by atoms with Crippen LogP contribution >= 0.6 is 11.8 Å². The van der Waals surface area contributed by atoms with E-state index in [9.17, 15) is 10.1 Å². The third kappa shape index (κ3) is 3.88. The molecule has 0 aliphatic rings. The molecule has 1 heterocycles. The first-order valence-electron chi connectivity index (χ1n) is 8.49. The number of ether oxygens (including phenoxy) is 1. The molecule has 6 heteroatoms. The number of para-hydroxylation sites is 2. The van der Waals surface area contributed by atoms with Crippen LogP contribution < -0.4 is 10.3 Å². The zero-order valence-electron chi connectivity index (χ0n) is 15.3. The molecule has 0 saturated heterocycles. The Kier molecular flexibility index (Phi) is 5.63. The third-order valence-corrected chi connectivity index (χ3v) is 4.69. The standard InChI is InChI=1S/C21H19N3O2S/c1-13(2)14-8-4-6-10-17(14)26-18-11-7-5-9-15(18)19-16(12-22)20(25)24-21(23-19)27-3/h4-11,13H,1-3H3,(H,23,24,25). The van der Waals surface area contributed by atoms with E-state index in [0.717, 1.165) is 11.3 Å². The summed E-state index contributed by atoms with van der Waals surface area (Å²) in [6, 6.07) is 17.1. The van der Waals surface area contributed by atoms with Gasteiger partial charge in [0.05, 0.1) is 0 Å². The predicted octanol–water partition coefficient (Wildman–Crippen LogP) is 4.95. The largest absolute Gasteiger partial charge is 0.456 e. The third-order valence-electron chi connectivity index (χ3n) is 4.11. The predicted molar refractivity (Wildman–Crippen MR) is 107 cm³/mol. The lowest BCUT2D eigenvalue weighted by atomic mass is 10.0. The van der Waals surface area contributed by atoms with Crippen LogP contribution in [0.2, 0.25) is 0 Å². The summed E-state index contributed by atoms with van der Waals surface area (Å²) in [5.74, 6) is 1.59. The molecule has 3 aromatic rings. The van der Waals surface area contributed by atoms with E-state index >= 15 is 0 Å². The van der Waals surface area contributed by atoms with Gasteiger partial charge < -0.3 is 9.72 Å². The molecule has 0 radical (unpaired) electrons. The lowest BCUT2D eigenvalue weighted by Gasteiger charge is -2.16. The van der Waals surface area contributed by atoms with Crippen molar-refractivity contribution < 1.29 is 4.74 Å². The van der Waals surface area contributed by atoms with Crippen LogP contribution in [0.25, 0.3) is 11.3 Å². The number of hydrogen-bond donors (Lipinski definition) is 1. The minimum absolute atomic E-state index is 0.0269. The Hall–Kier alpha value is -3.04. The molecule has 1 aromatic heterocycles. The Balaban J connectivity index is 2.16. The average Bonchev–Trinajstić information content (AvgIpc) is 2.68. The van der Waals surface area contributed by atoms with Gasteiger partial charge in [-0.05, 0) is 35.9 Å². The van der Waals surface area contributed by atoms with E-state index in [-0.39, 0.29) is 5.56 Å². The lowest BCUT2D eigenvalue weighted by Crippen LogP contribution is -2.14. The highest BCUT2D eigenvalue weighted by Gasteiger charge is 2.18. The molecule has 5 nitrogen and oxygen atoms in total. The van der Waals surface area contributed by atoms with E-state index < -0.39 is 5.56 Å². The second-order valence-electron chi connectivity index (χ2n) is 6.20. The molecule has 3 rings (SSSR count). The topological polar surface area (TPSA) is 78.8 Å². The van der Waals surface area contributed by atoms with Crippen LogP contribution in [0, 0.1) is 11.3 Å². The summed E-state index contributed by atoms with van der Waals surface area (Å²) in [4.78, 5) is 19.3. The van der Waals surface area contributed by atoms with E-state index in [0.29, 0.717) is 28.1 Å². The van der Waals surface area contributed by atoms with Gasteiger partial charge in [-0.3, -0.25) is 4.79 Å². The minimum atomic E-state index is -0.454. The van der Waals surface area contributed by atoms with Gasteiger partial charge in [0.1, 0.15) is 28.8 Å². The maximum absolute atomic E-state index is 12.3. The van der Waals surface area contributed by atoms with Gasteiger partial charge in [-0.2, -0.15) is 5.26 Å². The van der Waals surface area contributed by atoms with Crippen molar-refractivity contribution in [3.8, 4) is 28.8 Å². The van der Waals surface area contributed by atoms with Gasteiger partial charge >= 0.3 is 0 Å². The van der Waals surface area contributed by atoms with Crippen molar-refractivity contribution in [1.29, 1.82) is 5.26 Å². The molecular weight excluding hydrogens is 358 g/mol. The number of thioether (sulfide) groups is 1. The Morgan fingerprint density at radius 1 is 1.11 bits per heavy atom. The van der Waals surface area contributed by atoms with Crippen molar-refractivity contribution in [1.82, 2.24) is 9.97 Å². The molecular formula is C21H19N3O2S. The maximum atomic E-state index is 12.3. The van der Waals surface area contributed by atoms with E-state index in [2.05, 4.69) is 23.8 Å². The highest BCUT2D eigenvalue weighted by atomic mass is 32.2. The van der Waals surface area contributed by atoms with Crippen molar-refractivity contribution in [3.05, 3.63) is 70.0 Å². The molecule has 136 valence electrons. The van der Waals surface area contributed by atoms with Crippen molar-refractivity contribution in [2.75, 3.05) is 6.26 Å². The number of H-pyrrole nitrogens is 1. The highest BCUT2D eigenvalue weighted by Crippen LogP contribution is 2.36. The number of nitrogens with one attached hydrogen (secondary N) is 1. The van der Waals surface area contributed by atoms with Crippen LogP contribution in [-0.2, 0) is 0 Å². The first-order valence-corrected chi connectivity index (χ1v) is 9.72. The summed E-state index contributed by atoms with van der Waals surface area (Å²) >= 11 is 1.31. The Labute approximate surface area is 162 Å². The van der Waals surface area contributed by atoms with Gasteiger partial charge in [0.2, 0.25) is 0 Å². The van der Waals surface area contributed by atoms with Crippen LogP contribution in [0.5, 0.6) is 11.5 Å². The van der Waals surface area contributed by atoms with Gasteiger partial charge in [-0.25, -0.2) is 4.98 Å². The summed E-state index contributed by atoms with van der Waals surface area (Å²) < 4.78 is 6.20. The van der Waals surface area contributed by atoms with Crippen molar-refractivity contribution in [2.45, 2.75) is 24.9 Å². The normalized spacial score (nSPS) is 10.6. The van der Waals surface area contributed by atoms with Crippen molar-refractivity contribution in [3.63, 3.8) is 0 Å². The molecule has 0 atom stereocenters. The first kappa shape index (κ1) is 18.7. The highest BCUT2D eigenvalue weighted by molar-refractivity contribution is 7.98. The lowest BCUT2D eigenvalue weighted by molar-refractivity contribution is 0.474. The SMILES string of the molecule is CSc1nc(-c2ccccc2Oc2ccccc2C(C)C)c(C#N)c(=O)[nH]1. The van der Waals surface area contributed by atoms with E-state index in [1.807, 2.05) is 54.8 Å². The summed E-state index contributed by atoms with van der Waals surface area (Å²) in [5, 5.41) is 9.91. The molecule has 0 amide bonds. The summed E-state index contributed by atoms with van der Waals surface area (Å²) in [6.07, 6.45) is 1.81. The van der Waals surface area contributed by atoms with E-state index in [1.54, 1.807) is 6.07 Å². The fourth-order valence-electron chi connectivity index (χ4n) is 2.77. The van der Waals surface area contributed by atoms with Gasteiger partial charge in [-0.1, -0.05) is 55.9 Å². The second-order valence-corrected chi connectivity index (χ2v) is 7.00. The second kappa shape index (κ2) is 8.11. The van der Waals surface area contributed by atoms with Crippen LogP contribution in [-0.4, -0.2) is 16.2 Å². The number of aromatic amines is 1. The van der Waals surface area contributed by atoms with Crippen molar-refractivity contribution >= 4 is 11.8 Å². The smallest absolute Gasteiger partial charge is 0.270 e. The Morgan fingerprint density at radius 3 is 2.44 bits per heavy atom. The number of aromatic nitrogens is 2. The van der Waals surface area contributed by atoms with Crippen LogP contribution in [0.1, 0.15) is 30.9 Å². The molecule has 1 N–H and O–H groups in total. The quantitative estimate of drug-likeness (QED) is 0.503. The molecule has 0 aliphatic heterocycles. The van der Waals surface area contributed by atoms with Gasteiger partial charge in [-0.15, -0.1) is 0 Å². The molecule has 0 spiro atoms. The summed E-state index contributed by atoms with van der Waals surface area (Å²) in [7, 11) is 0. The minimum Gasteiger partial charge on any atom is -0.456 e. The fraction of sp³-hybridized carbons (Fsp3) is 0.190. The molecule has 0 saturated carbocycles. The Morgan fingerprint density at radius 2 is 1.78 bits per heavy atom. The van der Waals surface area contributed by atoms with E-state index in [1.165, 1.54) is 11.8 Å². The molecule has 0 unspecified atom stereocenters. The number of nitrogens with zero attached hydrogens (tertiary/aromatic N) is 2. The van der Waals surface area contributed by atoms with Crippen LogP contribution in [0.4, 0.5) is 0 Å². The number of benzene rings is 2. The monoisotopic (exact) mass is 377 g/mol. The molecule has 0 bridgehead atoms. The zero-order valence-corrected chi connectivity index (χ0v) is 16.1. The van der Waals surface area contributed by atoms with Gasteiger partial charge in [0.25, 0.3) is 5.56 Å². The van der Waals surface area contributed by atoms with Crippen LogP contribution in [0.15, 0.2) is 58.5 Å². The number of hydrogen-bond acceptors (Lipinski definition) is 5. The van der Waals surface area contributed by atoms with E-state index in [4.69, 9.17) is 4.74 Å². The molecule has 27 heavy (non-hydrogen) atoms. The molecule has 0 aliphatic carbocycles. The number of nitriles is 1. The first-order chi connectivity index (χ1) is 13.0. The molecule has 2 aromatic carbocycles. The van der Waals surface area contributed by atoms with Crippen LogP contribution in [0.3, 0.4) is 0 Å². The maximum Gasteiger partial charge on any atom is 0.270 e. The number of rotatable bonds is 5. The van der Waals surface area contributed by atoms with Gasteiger partial charge in [0, 0.05) is 5.56 Å².